The van der Waals surface area contributed by atoms with Gasteiger partial charge in [0, 0.05) is 18.7 Å². The molecule has 1 aliphatic heterocycles. The van der Waals surface area contributed by atoms with Gasteiger partial charge in [0.1, 0.15) is 17.2 Å². The number of thiazole rings is 1. The number of aromatic amines is 1. The minimum Gasteiger partial charge on any atom is -0.378 e. The highest BCUT2D eigenvalue weighted by Crippen LogP contribution is 2.30. The lowest BCUT2D eigenvalue weighted by atomic mass is 10.2. The maximum atomic E-state index is 11.8. The van der Waals surface area contributed by atoms with E-state index in [1.807, 2.05) is 60.7 Å². The second-order valence-corrected chi connectivity index (χ2v) is 8.46. The molecule has 3 aromatic heterocycles. The Balaban J connectivity index is 1.60. The van der Waals surface area contributed by atoms with E-state index in [2.05, 4.69) is 14.5 Å². The Morgan fingerprint density at radius 2 is 1.81 bits per heavy atom. The Morgan fingerprint density at radius 1 is 0.968 bits per heavy atom. The largest absolute Gasteiger partial charge is 0.378 e. The number of hydrogen-bond donors (Lipinski definition) is 1. The molecule has 1 N–H and O–H groups in total. The van der Waals surface area contributed by atoms with Gasteiger partial charge in [0.05, 0.1) is 29.1 Å². The van der Waals surface area contributed by atoms with Crippen LogP contribution in [0.3, 0.4) is 0 Å². The van der Waals surface area contributed by atoms with Gasteiger partial charge in [-0.25, -0.2) is 9.97 Å². The van der Waals surface area contributed by atoms with Crippen molar-refractivity contribution < 1.29 is 4.74 Å². The minimum atomic E-state index is -0.0568. The number of H-pyrrole nitrogens is 1. The van der Waals surface area contributed by atoms with E-state index < -0.39 is 0 Å². The summed E-state index contributed by atoms with van der Waals surface area (Å²) < 4.78 is 8.48. The molecule has 0 amide bonds. The number of hydrogen-bond acceptors (Lipinski definition) is 6. The number of fused-ring (bicyclic) bond motifs is 2. The van der Waals surface area contributed by atoms with Crippen LogP contribution in [-0.4, -0.2) is 45.8 Å². The molecule has 5 aromatic rings. The average molecular weight is 430 g/mol. The predicted molar refractivity (Wildman–Crippen MR) is 123 cm³/mol. The van der Waals surface area contributed by atoms with E-state index in [1.165, 1.54) is 11.3 Å². The highest BCUT2D eigenvalue weighted by molar-refractivity contribution is 7.16. The Labute approximate surface area is 181 Å². The summed E-state index contributed by atoms with van der Waals surface area (Å²) in [6.45, 7) is 3.05. The summed E-state index contributed by atoms with van der Waals surface area (Å²) in [4.78, 5) is 26.8. The van der Waals surface area contributed by atoms with Crippen LogP contribution >= 0.6 is 11.3 Å². The summed E-state index contributed by atoms with van der Waals surface area (Å²) in [5, 5.41) is 0. The number of rotatable bonds is 3. The molecule has 31 heavy (non-hydrogen) atoms. The highest BCUT2D eigenvalue weighted by Gasteiger charge is 2.19. The van der Waals surface area contributed by atoms with Gasteiger partial charge in [-0.15, -0.1) is 0 Å². The highest BCUT2D eigenvalue weighted by atomic mass is 32.1. The molecular weight excluding hydrogens is 410 g/mol. The Kier molecular flexibility index (Phi) is 4.33. The van der Waals surface area contributed by atoms with Crippen LogP contribution in [0.2, 0.25) is 0 Å². The van der Waals surface area contributed by atoms with Crippen LogP contribution in [0.15, 0.2) is 65.5 Å². The zero-order chi connectivity index (χ0) is 20.8. The number of benzene rings is 2. The summed E-state index contributed by atoms with van der Waals surface area (Å²) in [6, 6.07) is 20.1. The van der Waals surface area contributed by atoms with E-state index in [4.69, 9.17) is 14.7 Å². The van der Waals surface area contributed by atoms with Crippen LogP contribution in [0.5, 0.6) is 0 Å². The average Bonchev–Trinajstić information content (AvgIpc) is 3.38. The summed E-state index contributed by atoms with van der Waals surface area (Å²) in [5.41, 5.74) is 4.40. The van der Waals surface area contributed by atoms with Gasteiger partial charge in [0.25, 0.3) is 0 Å². The fourth-order valence-electron chi connectivity index (χ4n) is 4.01. The lowest BCUT2D eigenvalue weighted by Crippen LogP contribution is -2.36. The van der Waals surface area contributed by atoms with Crippen LogP contribution in [0.1, 0.15) is 0 Å². The van der Waals surface area contributed by atoms with E-state index in [0.717, 1.165) is 57.4 Å². The van der Waals surface area contributed by atoms with Gasteiger partial charge < -0.3 is 14.6 Å². The second kappa shape index (κ2) is 7.33. The van der Waals surface area contributed by atoms with E-state index in [1.54, 1.807) is 0 Å². The minimum absolute atomic E-state index is 0.0568. The van der Waals surface area contributed by atoms with Gasteiger partial charge in [-0.05, 0) is 30.3 Å². The van der Waals surface area contributed by atoms with Crippen LogP contribution < -0.4 is 9.77 Å². The monoisotopic (exact) mass is 429 g/mol. The third-order valence-electron chi connectivity index (χ3n) is 5.52. The molecule has 1 aliphatic rings. The summed E-state index contributed by atoms with van der Waals surface area (Å²) in [5.74, 6) is 1.74. The maximum absolute atomic E-state index is 11.8. The van der Waals surface area contributed by atoms with Gasteiger partial charge in [0.15, 0.2) is 5.65 Å². The lowest BCUT2D eigenvalue weighted by Gasteiger charge is -2.27. The molecule has 2 aromatic carbocycles. The van der Waals surface area contributed by atoms with Crippen molar-refractivity contribution in [3.8, 4) is 17.1 Å². The van der Waals surface area contributed by atoms with Crippen molar-refractivity contribution in [2.45, 2.75) is 0 Å². The second-order valence-electron chi connectivity index (χ2n) is 7.44. The molecular formula is C23H19N5O2S. The summed E-state index contributed by atoms with van der Waals surface area (Å²) in [7, 11) is 0. The molecule has 0 atom stereocenters. The third-order valence-corrected chi connectivity index (χ3v) is 6.36. The summed E-state index contributed by atoms with van der Waals surface area (Å²) in [6.07, 6.45) is 0. The zero-order valence-corrected chi connectivity index (χ0v) is 17.4. The van der Waals surface area contributed by atoms with Gasteiger partial charge in [-0.3, -0.25) is 9.36 Å². The van der Waals surface area contributed by atoms with Crippen molar-refractivity contribution in [3.05, 3.63) is 70.3 Å². The normalized spacial score (nSPS) is 14.5. The number of nitrogens with zero attached hydrogens (tertiary/aromatic N) is 4. The van der Waals surface area contributed by atoms with Gasteiger partial charge >= 0.3 is 4.87 Å². The Morgan fingerprint density at radius 3 is 2.65 bits per heavy atom. The molecule has 0 saturated carbocycles. The van der Waals surface area contributed by atoms with Gasteiger partial charge in [0.2, 0.25) is 0 Å². The molecule has 6 rings (SSSR count). The number of anilines is 1. The van der Waals surface area contributed by atoms with Crippen LogP contribution in [0.4, 0.5) is 5.82 Å². The third kappa shape index (κ3) is 3.20. The molecule has 0 aliphatic carbocycles. The lowest BCUT2D eigenvalue weighted by molar-refractivity contribution is 0.122. The number of ether oxygens (including phenoxy) is 1. The number of aromatic nitrogens is 4. The van der Waals surface area contributed by atoms with E-state index >= 15 is 0 Å². The summed E-state index contributed by atoms with van der Waals surface area (Å²) >= 11 is 1.21. The molecule has 1 saturated heterocycles. The van der Waals surface area contributed by atoms with Crippen LogP contribution in [0.25, 0.3) is 38.5 Å². The first-order valence-corrected chi connectivity index (χ1v) is 11.0. The maximum Gasteiger partial charge on any atom is 0.305 e. The Bertz CT molecular complexity index is 1450. The van der Waals surface area contributed by atoms with Crippen molar-refractivity contribution in [1.82, 2.24) is 19.5 Å². The van der Waals surface area contributed by atoms with Crippen molar-refractivity contribution in [1.29, 1.82) is 0 Å². The molecule has 154 valence electrons. The Hall–Kier alpha value is -3.49. The van der Waals surface area contributed by atoms with Crippen molar-refractivity contribution in [3.63, 3.8) is 0 Å². The molecule has 0 spiro atoms. The fourth-order valence-corrected chi connectivity index (χ4v) is 4.78. The smallest absolute Gasteiger partial charge is 0.305 e. The van der Waals surface area contributed by atoms with Crippen molar-refractivity contribution in [2.75, 3.05) is 31.2 Å². The molecule has 7 nitrogen and oxygen atoms in total. The van der Waals surface area contributed by atoms with E-state index in [-0.39, 0.29) is 4.87 Å². The molecule has 8 heteroatoms. The van der Waals surface area contributed by atoms with E-state index in [0.29, 0.717) is 13.2 Å². The number of nitrogens with one attached hydrogen (secondary N) is 1. The van der Waals surface area contributed by atoms with Crippen LogP contribution in [0, 0.1) is 0 Å². The standard InChI is InChI=1S/C23H19N5O2S/c29-23-25-17-7-6-16(14-19(17)31-23)28-21(15-4-2-1-3-5-15)24-18-8-9-20(26-22(18)28)27-10-12-30-13-11-27/h1-9,14H,10-13H2,(H,25,29). The first-order chi connectivity index (χ1) is 15.3. The molecule has 4 heterocycles. The number of pyridine rings is 1. The van der Waals surface area contributed by atoms with Crippen molar-refractivity contribution >= 4 is 38.5 Å². The molecule has 0 radical (unpaired) electrons. The number of morpholine rings is 1. The zero-order valence-electron chi connectivity index (χ0n) is 16.6. The topological polar surface area (TPSA) is 76.0 Å². The fraction of sp³-hybridized carbons (Fsp3) is 0.174. The number of imidazole rings is 1. The van der Waals surface area contributed by atoms with Crippen LogP contribution in [-0.2, 0) is 4.74 Å². The first kappa shape index (κ1) is 18.3. The first-order valence-electron chi connectivity index (χ1n) is 10.2. The molecule has 1 fully saturated rings. The van der Waals surface area contributed by atoms with Gasteiger partial charge in [-0.1, -0.05) is 41.7 Å². The quantitative estimate of drug-likeness (QED) is 0.472. The van der Waals surface area contributed by atoms with E-state index in [9.17, 15) is 4.79 Å². The molecule has 0 bridgehead atoms. The predicted octanol–water partition coefficient (Wildman–Crippen LogP) is 3.83. The van der Waals surface area contributed by atoms with Gasteiger partial charge in [-0.2, -0.15) is 0 Å². The van der Waals surface area contributed by atoms with Crippen molar-refractivity contribution in [2.24, 2.45) is 0 Å². The SMILES string of the molecule is O=c1[nH]c2ccc(-n3c(-c4ccccc4)nc4ccc(N5CCOCC5)nc43)cc2s1. The molecule has 0 unspecified atom stereocenters.